The molecule has 4 aromatic rings. The minimum absolute atomic E-state index is 0.00124. The lowest BCUT2D eigenvalue weighted by Crippen LogP contribution is -2.65. The van der Waals surface area contributed by atoms with Crippen molar-refractivity contribution in [3.05, 3.63) is 108 Å². The van der Waals surface area contributed by atoms with Gasteiger partial charge in [0.1, 0.15) is 17.2 Å². The molecule has 1 aliphatic heterocycles. The highest BCUT2D eigenvalue weighted by atomic mass is 28.4. The van der Waals surface area contributed by atoms with Crippen molar-refractivity contribution in [3.63, 3.8) is 0 Å². The molecule has 0 unspecified atom stereocenters. The highest BCUT2D eigenvalue weighted by molar-refractivity contribution is 6.98. The van der Waals surface area contributed by atoms with Gasteiger partial charge in [-0.2, -0.15) is 0 Å². The molecule has 0 bridgehead atoms. The number of rotatable bonds is 19. The van der Waals surface area contributed by atoms with Gasteiger partial charge in [-0.1, -0.05) is 106 Å². The van der Waals surface area contributed by atoms with Gasteiger partial charge >= 0.3 is 12.1 Å². The average Bonchev–Trinajstić information content (AvgIpc) is 3.20. The second kappa shape index (κ2) is 20.3. The molecule has 1 atom stereocenters. The number of benzene rings is 2. The first-order valence-electron chi connectivity index (χ1n) is 21.1. The van der Waals surface area contributed by atoms with Crippen LogP contribution in [0.4, 0.5) is 10.6 Å². The molecule has 0 aliphatic carbocycles. The number of hydrogen-bond donors (Lipinski definition) is 1. The summed E-state index contributed by atoms with van der Waals surface area (Å²) >= 11 is 0. The Morgan fingerprint density at radius 1 is 0.825 bits per heavy atom. The largest absolute Gasteiger partial charge is 0.466 e. The highest BCUT2D eigenvalue weighted by Crippen LogP contribution is 2.40. The van der Waals surface area contributed by atoms with Crippen molar-refractivity contribution >= 4 is 36.6 Å². The normalized spacial score (nSPS) is 13.8. The Kier molecular flexibility index (Phi) is 15.6. The molecule has 57 heavy (non-hydrogen) atoms. The summed E-state index contributed by atoms with van der Waals surface area (Å²) in [4.78, 5) is 54.1. The van der Waals surface area contributed by atoms with Gasteiger partial charge in [-0.05, 0) is 111 Å². The zero-order valence-corrected chi connectivity index (χ0v) is 36.1. The molecule has 0 saturated heterocycles. The molecule has 1 aliphatic rings. The minimum atomic E-state index is -3.04. The Bertz CT molecular complexity index is 1830. The lowest BCUT2D eigenvalue weighted by atomic mass is 9.92. The van der Waals surface area contributed by atoms with Gasteiger partial charge in [0, 0.05) is 31.1 Å². The number of esters is 1. The number of unbranched alkanes of at least 4 members (excludes halogenated alkanes) is 4. The monoisotopic (exact) mass is 792 g/mol. The number of carbonyl (C=O) groups excluding carboxylic acids is 2. The van der Waals surface area contributed by atoms with E-state index >= 15 is 0 Å². The first kappa shape index (κ1) is 43.7. The van der Waals surface area contributed by atoms with Crippen LogP contribution in [0.25, 0.3) is 0 Å². The van der Waals surface area contributed by atoms with Crippen molar-refractivity contribution in [2.45, 2.75) is 142 Å². The third-order valence-electron chi connectivity index (χ3n) is 11.2. The number of amides is 1. The van der Waals surface area contributed by atoms with Crippen LogP contribution in [0.15, 0.2) is 85.2 Å². The predicted octanol–water partition coefficient (Wildman–Crippen LogP) is 9.03. The fraction of sp³-hybridized carbons (Fsp3) is 0.511. The van der Waals surface area contributed by atoms with E-state index in [0.717, 1.165) is 116 Å². The molecule has 2 aromatic carbocycles. The molecule has 5 rings (SSSR count). The number of nitrogens with zero attached hydrogens (tertiary/aromatic N) is 4. The van der Waals surface area contributed by atoms with Crippen LogP contribution in [0.2, 0.25) is 5.04 Å². The first-order valence-corrected chi connectivity index (χ1v) is 23.0. The Hall–Kier alpha value is -4.41. The van der Waals surface area contributed by atoms with Gasteiger partial charge in [0.2, 0.25) is 0 Å². The molecule has 0 spiro atoms. The van der Waals surface area contributed by atoms with Crippen LogP contribution in [-0.2, 0) is 33.5 Å². The topological polar surface area (TPSA) is 115 Å². The number of ether oxygens (including phenoxy) is 2. The molecule has 306 valence electrons. The summed E-state index contributed by atoms with van der Waals surface area (Å²) in [7, 11) is -3.04. The van der Waals surface area contributed by atoms with Crippen molar-refractivity contribution in [1.29, 1.82) is 0 Å². The molecule has 10 heteroatoms. The Morgan fingerprint density at radius 2 is 1.46 bits per heavy atom. The van der Waals surface area contributed by atoms with Crippen LogP contribution in [0.3, 0.4) is 0 Å². The molecule has 3 heterocycles. The van der Waals surface area contributed by atoms with E-state index in [0.29, 0.717) is 19.6 Å². The molecular formula is C47H64N4O5Si. The summed E-state index contributed by atoms with van der Waals surface area (Å²) in [5.74, 6) is 1.35. The van der Waals surface area contributed by atoms with Gasteiger partial charge in [-0.15, -0.1) is 0 Å². The van der Waals surface area contributed by atoms with Crippen molar-refractivity contribution in [1.82, 2.24) is 15.0 Å². The third-order valence-corrected chi connectivity index (χ3v) is 15.7. The number of fused-ring (bicyclic) bond motifs is 1. The van der Waals surface area contributed by atoms with Crippen molar-refractivity contribution in [2.75, 3.05) is 18.1 Å². The fourth-order valence-corrected chi connectivity index (χ4v) is 11.8. The van der Waals surface area contributed by atoms with Crippen LogP contribution in [0.1, 0.15) is 134 Å². The highest BCUT2D eigenvalue weighted by Gasteiger charge is 2.49. The van der Waals surface area contributed by atoms with E-state index in [-0.39, 0.29) is 23.0 Å². The molecule has 9 nitrogen and oxygen atoms in total. The molecule has 0 fully saturated rings. The number of aryl methyl sites for hydroxylation is 3. The van der Waals surface area contributed by atoms with E-state index in [4.69, 9.17) is 24.4 Å². The van der Waals surface area contributed by atoms with Gasteiger partial charge in [-0.25, -0.2) is 19.7 Å². The molecular weight excluding hydrogens is 729 g/mol. The van der Waals surface area contributed by atoms with Gasteiger partial charge < -0.3 is 14.3 Å². The van der Waals surface area contributed by atoms with E-state index in [9.17, 15) is 14.4 Å². The maximum Gasteiger partial charge on any atom is 0.416 e. The van der Waals surface area contributed by atoms with Crippen LogP contribution in [0, 0.1) is 0 Å². The summed E-state index contributed by atoms with van der Waals surface area (Å²) in [6.07, 6.45) is 14.9. The average molecular weight is 793 g/mol. The van der Waals surface area contributed by atoms with Gasteiger partial charge in [0.15, 0.2) is 0 Å². The molecule has 0 saturated carbocycles. The number of anilines is 1. The smallest absolute Gasteiger partial charge is 0.416 e. The minimum Gasteiger partial charge on any atom is -0.466 e. The van der Waals surface area contributed by atoms with Crippen molar-refractivity contribution in [2.24, 2.45) is 0 Å². The number of hydrogen-bond acceptors (Lipinski definition) is 8. The maximum absolute atomic E-state index is 12.9. The standard InChI is InChI=1S/C47H64N4O5Si/c1-7-55-43(52)33-37(21-12-8-9-13-23-39-30-29-36-22-20-32-51(44(36)50-39)45(53)56-46(2,3)4)38-34-48-42(49-35-38)28-18-19-31-47(5,6)57(54,40-24-14-10-15-25-40)41-26-16-11-17-27-41/h10-11,14-17,24-27,29-30,34-35,37,54H,7-9,12-13,18-23,28,31-33H2,1-6H3/t37-/m0/s1. The first-order chi connectivity index (χ1) is 27.3. The molecule has 1 N–H and O–H groups in total. The summed E-state index contributed by atoms with van der Waals surface area (Å²) in [6.45, 7) is 12.9. The van der Waals surface area contributed by atoms with E-state index in [1.807, 2.05) is 76.5 Å². The SMILES string of the molecule is CCOC(=O)C[C@H](CCCCCCc1ccc2c(n1)N(C(=O)OC(C)(C)C)CCC2)c1cnc(CCCCC(C)(C)[Si](O)(c2ccccc2)c2ccccc2)nc1. The molecule has 2 aromatic heterocycles. The zero-order chi connectivity index (χ0) is 40.9. The van der Waals surface area contributed by atoms with Crippen molar-refractivity contribution < 1.29 is 23.9 Å². The quantitative estimate of drug-likeness (QED) is 0.0569. The van der Waals surface area contributed by atoms with Crippen LogP contribution < -0.4 is 15.3 Å². The van der Waals surface area contributed by atoms with Crippen LogP contribution in [-0.4, -0.2) is 58.9 Å². The lowest BCUT2D eigenvalue weighted by molar-refractivity contribution is -0.143. The summed E-state index contributed by atoms with van der Waals surface area (Å²) in [5, 5.41) is 1.79. The second-order valence-corrected chi connectivity index (χ2v) is 21.1. The Balaban J connectivity index is 1.11. The van der Waals surface area contributed by atoms with E-state index in [2.05, 4.69) is 50.2 Å². The Labute approximate surface area is 341 Å². The van der Waals surface area contributed by atoms with Crippen LogP contribution >= 0.6 is 0 Å². The van der Waals surface area contributed by atoms with Crippen molar-refractivity contribution in [3.8, 4) is 0 Å². The third kappa shape index (κ3) is 12.1. The number of aromatic nitrogens is 3. The van der Waals surface area contributed by atoms with E-state index in [1.54, 1.807) is 4.90 Å². The number of pyridine rings is 1. The van der Waals surface area contributed by atoms with Crippen LogP contribution in [0.5, 0.6) is 0 Å². The predicted molar refractivity (Wildman–Crippen MR) is 231 cm³/mol. The fourth-order valence-electron chi connectivity index (χ4n) is 8.01. The van der Waals surface area contributed by atoms with Gasteiger partial charge in [0.05, 0.1) is 13.0 Å². The second-order valence-electron chi connectivity index (χ2n) is 17.1. The van der Waals surface area contributed by atoms with Gasteiger partial charge in [0.25, 0.3) is 8.32 Å². The summed E-state index contributed by atoms with van der Waals surface area (Å²) in [5.41, 5.74) is 2.51. The molecule has 0 radical (unpaired) electrons. The van der Waals surface area contributed by atoms with Gasteiger partial charge in [-0.3, -0.25) is 9.69 Å². The maximum atomic E-state index is 12.9. The van der Waals surface area contributed by atoms with E-state index < -0.39 is 13.9 Å². The zero-order valence-electron chi connectivity index (χ0n) is 35.1. The Morgan fingerprint density at radius 3 is 2.09 bits per heavy atom. The lowest BCUT2D eigenvalue weighted by Gasteiger charge is -2.41. The summed E-state index contributed by atoms with van der Waals surface area (Å²) in [6, 6.07) is 24.6. The molecule has 1 amide bonds. The van der Waals surface area contributed by atoms with E-state index in [1.165, 1.54) is 0 Å². The summed E-state index contributed by atoms with van der Waals surface area (Å²) < 4.78 is 11.0. The number of carbonyl (C=O) groups is 2.